The summed E-state index contributed by atoms with van der Waals surface area (Å²) < 4.78 is 36.9. The van der Waals surface area contributed by atoms with Crippen molar-refractivity contribution in [2.24, 2.45) is 11.3 Å². The Bertz CT molecular complexity index is 1690. The number of phenols is 1. The topological polar surface area (TPSA) is 166 Å². The maximum Gasteiger partial charge on any atom is 0.264 e. The van der Waals surface area contributed by atoms with Crippen LogP contribution in [0.15, 0.2) is 41.6 Å². The van der Waals surface area contributed by atoms with Gasteiger partial charge in [0.15, 0.2) is 5.65 Å². The van der Waals surface area contributed by atoms with Crippen LogP contribution in [0.4, 0.5) is 0 Å². The van der Waals surface area contributed by atoms with Crippen molar-refractivity contribution >= 4 is 27.1 Å². The van der Waals surface area contributed by atoms with E-state index in [-0.39, 0.29) is 41.9 Å². The molecule has 2 N–H and O–H groups in total. The first-order valence-electron chi connectivity index (χ1n) is 15.1. The molecule has 3 heterocycles. The van der Waals surface area contributed by atoms with E-state index in [1.165, 1.54) is 33.9 Å². The molecule has 13 nitrogen and oxygen atoms in total. The van der Waals surface area contributed by atoms with E-state index in [9.17, 15) is 28.2 Å². The molecule has 2 unspecified atom stereocenters. The Balaban J connectivity index is 1.00. The summed E-state index contributed by atoms with van der Waals surface area (Å²) in [4.78, 5) is 33.0. The zero-order valence-corrected chi connectivity index (χ0v) is 25.8. The molecule has 44 heavy (non-hydrogen) atoms. The Morgan fingerprint density at radius 1 is 1.09 bits per heavy atom. The number of ether oxygens (including phenoxy) is 1. The van der Waals surface area contributed by atoms with Crippen molar-refractivity contribution in [2.45, 2.75) is 76.2 Å². The lowest BCUT2D eigenvalue weighted by Crippen LogP contribution is -2.51. The molecule has 0 bridgehead atoms. The van der Waals surface area contributed by atoms with Crippen molar-refractivity contribution in [3.8, 4) is 11.4 Å². The number of aliphatic hydroxyl groups is 1. The third-order valence-corrected chi connectivity index (χ3v) is 10.1. The van der Waals surface area contributed by atoms with Crippen molar-refractivity contribution in [3.05, 3.63) is 47.1 Å². The first-order chi connectivity index (χ1) is 20.8. The van der Waals surface area contributed by atoms with Crippen LogP contribution in [0.1, 0.15) is 51.9 Å². The first kappa shape index (κ1) is 30.7. The van der Waals surface area contributed by atoms with Gasteiger partial charge < -0.3 is 19.8 Å². The summed E-state index contributed by atoms with van der Waals surface area (Å²) in [6.45, 7) is 3.31. The van der Waals surface area contributed by atoms with Gasteiger partial charge in [-0.1, -0.05) is 6.92 Å². The number of aromatic hydroxyl groups is 1. The summed E-state index contributed by atoms with van der Waals surface area (Å²) in [6, 6.07) is 6.42. The second-order valence-electron chi connectivity index (χ2n) is 12.9. The van der Waals surface area contributed by atoms with Gasteiger partial charge in [0, 0.05) is 13.1 Å². The fourth-order valence-electron chi connectivity index (χ4n) is 6.56. The standard InChI is InChI=1S/C30H39N5O8S/c1-29(15-20(29)17-42-23-7-9-24(10-8-23)43-44(2,40)41)28(38)33-13-11-30(39,12-14-33)18-34-19-31-26-25(27(34)37)16-32-35(26)21-3-5-22(36)6-4-21/h3-6,16,19-20,23-24,36,39H,7-15,17-18H2,1-2H3. The molecule has 3 fully saturated rings. The predicted molar refractivity (Wildman–Crippen MR) is 160 cm³/mol. The van der Waals surface area contributed by atoms with E-state index in [2.05, 4.69) is 10.1 Å². The van der Waals surface area contributed by atoms with Crippen molar-refractivity contribution < 1.29 is 32.3 Å². The van der Waals surface area contributed by atoms with Crippen LogP contribution in [-0.4, -0.2) is 92.5 Å². The summed E-state index contributed by atoms with van der Waals surface area (Å²) in [7, 11) is -3.46. The molecule has 1 amide bonds. The quantitative estimate of drug-likeness (QED) is 0.334. The van der Waals surface area contributed by atoms with Gasteiger partial charge in [0.1, 0.15) is 17.5 Å². The van der Waals surface area contributed by atoms with Crippen LogP contribution >= 0.6 is 0 Å². The van der Waals surface area contributed by atoms with Gasteiger partial charge in [-0.2, -0.15) is 13.5 Å². The number of fused-ring (bicyclic) bond motifs is 1. The van der Waals surface area contributed by atoms with Crippen molar-refractivity contribution in [3.63, 3.8) is 0 Å². The third-order valence-electron chi connectivity index (χ3n) is 9.46. The van der Waals surface area contributed by atoms with Crippen molar-refractivity contribution in [1.82, 2.24) is 24.2 Å². The maximum atomic E-state index is 13.5. The molecule has 1 saturated heterocycles. The van der Waals surface area contributed by atoms with Gasteiger partial charge in [-0.05, 0) is 75.1 Å². The monoisotopic (exact) mass is 629 g/mol. The lowest BCUT2D eigenvalue weighted by molar-refractivity contribution is -0.142. The summed E-state index contributed by atoms with van der Waals surface area (Å²) in [5.41, 5.74) is -0.920. The van der Waals surface area contributed by atoms with Gasteiger partial charge >= 0.3 is 0 Å². The summed E-state index contributed by atoms with van der Waals surface area (Å²) in [5.74, 6) is 0.317. The zero-order chi connectivity index (χ0) is 31.3. The molecule has 0 radical (unpaired) electrons. The highest BCUT2D eigenvalue weighted by molar-refractivity contribution is 7.86. The highest BCUT2D eigenvalue weighted by Gasteiger charge is 2.58. The zero-order valence-electron chi connectivity index (χ0n) is 25.0. The number of amides is 1. The number of aromatic nitrogens is 4. The lowest BCUT2D eigenvalue weighted by Gasteiger charge is -2.39. The number of carbonyl (C=O) groups is 1. The summed E-state index contributed by atoms with van der Waals surface area (Å²) in [5, 5.41) is 25.6. The lowest BCUT2D eigenvalue weighted by atomic mass is 9.90. The van der Waals surface area contributed by atoms with E-state index in [0.717, 1.165) is 25.5 Å². The van der Waals surface area contributed by atoms with E-state index >= 15 is 0 Å². The molecule has 3 aromatic rings. The molecular weight excluding hydrogens is 590 g/mol. The Morgan fingerprint density at radius 3 is 2.41 bits per heavy atom. The number of benzene rings is 1. The van der Waals surface area contributed by atoms with Gasteiger partial charge in [0.25, 0.3) is 15.7 Å². The fourth-order valence-corrected chi connectivity index (χ4v) is 7.25. The number of hydrogen-bond acceptors (Lipinski definition) is 10. The molecule has 0 spiro atoms. The fraction of sp³-hybridized carbons (Fsp3) is 0.600. The Kier molecular flexibility index (Phi) is 8.05. The Morgan fingerprint density at radius 2 is 1.75 bits per heavy atom. The molecule has 238 valence electrons. The van der Waals surface area contributed by atoms with Gasteiger partial charge in [0.2, 0.25) is 5.91 Å². The van der Waals surface area contributed by atoms with E-state index in [1.54, 1.807) is 12.1 Å². The Labute approximate surface area is 255 Å². The maximum absolute atomic E-state index is 13.5. The average molecular weight is 630 g/mol. The van der Waals surface area contributed by atoms with Gasteiger partial charge in [-0.15, -0.1) is 0 Å². The van der Waals surface area contributed by atoms with Gasteiger partial charge in [0.05, 0.1) is 54.5 Å². The van der Waals surface area contributed by atoms with E-state index in [0.29, 0.717) is 62.1 Å². The number of likely N-dealkylation sites (tertiary alicyclic amines) is 1. The number of carbonyl (C=O) groups excluding carboxylic acids is 1. The smallest absolute Gasteiger partial charge is 0.264 e. The first-order valence-corrected chi connectivity index (χ1v) is 16.9. The van der Waals surface area contributed by atoms with Crippen LogP contribution in [0.25, 0.3) is 16.7 Å². The second kappa shape index (κ2) is 11.5. The molecule has 2 aliphatic carbocycles. The SMILES string of the molecule is CC1(C(=O)N2CCC(O)(Cn3cnc4c(cnn4-c4ccc(O)cc4)c3=O)CC2)CC1COC1CCC(OS(C)(=O)=O)CC1. The van der Waals surface area contributed by atoms with Crippen molar-refractivity contribution in [1.29, 1.82) is 0 Å². The number of hydrogen-bond donors (Lipinski definition) is 2. The number of phenolic OH excluding ortho intramolecular Hbond substituents is 1. The Hall–Kier alpha value is -3.33. The van der Waals surface area contributed by atoms with Crippen LogP contribution in [0.3, 0.4) is 0 Å². The third kappa shape index (κ3) is 6.39. The molecule has 1 aliphatic heterocycles. The second-order valence-corrected chi connectivity index (χ2v) is 14.5. The molecule has 6 rings (SSSR count). The predicted octanol–water partition coefficient (Wildman–Crippen LogP) is 1.97. The molecule has 1 aromatic carbocycles. The highest BCUT2D eigenvalue weighted by atomic mass is 32.2. The number of nitrogens with zero attached hydrogens (tertiary/aromatic N) is 5. The van der Waals surface area contributed by atoms with Crippen molar-refractivity contribution in [2.75, 3.05) is 26.0 Å². The summed E-state index contributed by atoms with van der Waals surface area (Å²) in [6.07, 6.45) is 7.85. The molecule has 14 heteroatoms. The average Bonchev–Trinajstić information content (AvgIpc) is 3.45. The van der Waals surface area contributed by atoms with Crippen LogP contribution in [0, 0.1) is 11.3 Å². The normalized spacial score (nSPS) is 27.0. The summed E-state index contributed by atoms with van der Waals surface area (Å²) >= 11 is 0. The molecule has 2 atom stereocenters. The van der Waals surface area contributed by atoms with Crippen LogP contribution in [0.2, 0.25) is 0 Å². The highest BCUT2D eigenvalue weighted by Crippen LogP contribution is 2.54. The number of piperidine rings is 1. The van der Waals surface area contributed by atoms with Crippen LogP contribution in [-0.2, 0) is 30.4 Å². The molecule has 2 saturated carbocycles. The van der Waals surface area contributed by atoms with E-state index in [1.807, 2.05) is 11.8 Å². The van der Waals surface area contributed by atoms with Gasteiger partial charge in [-0.25, -0.2) is 9.67 Å². The number of rotatable bonds is 9. The van der Waals surface area contributed by atoms with Crippen LogP contribution in [0.5, 0.6) is 5.75 Å². The molecule has 2 aromatic heterocycles. The van der Waals surface area contributed by atoms with Crippen LogP contribution < -0.4 is 5.56 Å². The minimum atomic E-state index is -3.46. The molecule has 3 aliphatic rings. The van der Waals surface area contributed by atoms with Gasteiger partial charge in [-0.3, -0.25) is 18.3 Å². The van der Waals surface area contributed by atoms with E-state index in [4.69, 9.17) is 8.92 Å². The minimum absolute atomic E-state index is 0.0404. The minimum Gasteiger partial charge on any atom is -0.508 e. The largest absolute Gasteiger partial charge is 0.508 e. The van der Waals surface area contributed by atoms with E-state index < -0.39 is 21.1 Å². The molecular formula is C30H39N5O8S.